The van der Waals surface area contributed by atoms with Gasteiger partial charge in [0.1, 0.15) is 6.10 Å². The molecule has 206 valence electrons. The Morgan fingerprint density at radius 2 is 1.20 bits per heavy atom. The van der Waals surface area contributed by atoms with Gasteiger partial charge in [0.2, 0.25) is 5.91 Å². The van der Waals surface area contributed by atoms with Crippen molar-refractivity contribution in [3.05, 3.63) is 24.3 Å². The molecule has 0 aliphatic rings. The fraction of sp³-hybridized carbons (Fsp3) is 0.833. The summed E-state index contributed by atoms with van der Waals surface area (Å²) in [6, 6.07) is -0.823. The lowest BCUT2D eigenvalue weighted by molar-refractivity contribution is -0.124. The number of unbranched alkanes of at least 4 members (excludes halogenated alkanes) is 13. The van der Waals surface area contributed by atoms with Gasteiger partial charge in [-0.25, -0.2) is 0 Å². The Morgan fingerprint density at radius 3 is 1.74 bits per heavy atom. The zero-order chi connectivity index (χ0) is 26.0. The van der Waals surface area contributed by atoms with Gasteiger partial charge in [0.05, 0.1) is 18.8 Å². The number of nitrogens with one attached hydrogen (secondary N) is 1. The zero-order valence-electron chi connectivity index (χ0n) is 22.9. The van der Waals surface area contributed by atoms with E-state index in [4.69, 9.17) is 0 Å². The quantitative estimate of drug-likeness (QED) is 0.0833. The molecule has 0 aliphatic carbocycles. The smallest absolute Gasteiger partial charge is 0.220 e. The molecule has 0 bridgehead atoms. The van der Waals surface area contributed by atoms with Gasteiger partial charge in [-0.15, -0.1) is 0 Å². The highest BCUT2D eigenvalue weighted by molar-refractivity contribution is 5.76. The van der Waals surface area contributed by atoms with E-state index in [9.17, 15) is 20.1 Å². The summed E-state index contributed by atoms with van der Waals surface area (Å²) >= 11 is 0. The number of amides is 1. The highest BCUT2D eigenvalue weighted by atomic mass is 16.3. The van der Waals surface area contributed by atoms with E-state index >= 15 is 0 Å². The maximum atomic E-state index is 12.2. The van der Waals surface area contributed by atoms with E-state index in [-0.39, 0.29) is 12.5 Å². The van der Waals surface area contributed by atoms with E-state index < -0.39 is 18.2 Å². The molecular formula is C30H57NO4. The lowest BCUT2D eigenvalue weighted by Gasteiger charge is -2.26. The number of hydrogen-bond acceptors (Lipinski definition) is 4. The molecule has 5 nitrogen and oxygen atoms in total. The van der Waals surface area contributed by atoms with Crippen LogP contribution in [0.4, 0.5) is 0 Å². The van der Waals surface area contributed by atoms with Crippen LogP contribution in [0, 0.1) is 0 Å². The minimum absolute atomic E-state index is 0.165. The number of rotatable bonds is 25. The van der Waals surface area contributed by atoms with Crippen molar-refractivity contribution in [2.45, 2.75) is 154 Å². The summed E-state index contributed by atoms with van der Waals surface area (Å²) < 4.78 is 0. The number of hydrogen-bond donors (Lipinski definition) is 4. The lowest BCUT2D eigenvalue weighted by atomic mass is 10.0. The molecule has 1 amide bonds. The summed E-state index contributed by atoms with van der Waals surface area (Å²) in [7, 11) is 0. The van der Waals surface area contributed by atoms with Gasteiger partial charge < -0.3 is 20.6 Å². The van der Waals surface area contributed by atoms with Crippen molar-refractivity contribution in [1.29, 1.82) is 0 Å². The molecule has 0 spiro atoms. The first-order valence-electron chi connectivity index (χ1n) is 14.6. The summed E-state index contributed by atoms with van der Waals surface area (Å²) in [5.74, 6) is -0.165. The maximum Gasteiger partial charge on any atom is 0.220 e. The second-order valence-electron chi connectivity index (χ2n) is 9.94. The molecule has 0 aromatic rings. The van der Waals surface area contributed by atoms with Gasteiger partial charge in [-0.3, -0.25) is 4.79 Å². The van der Waals surface area contributed by atoms with Crippen molar-refractivity contribution in [3.8, 4) is 0 Å². The van der Waals surface area contributed by atoms with Gasteiger partial charge in [0, 0.05) is 6.42 Å². The van der Waals surface area contributed by atoms with Gasteiger partial charge in [-0.1, -0.05) is 109 Å². The number of allylic oxidation sites excluding steroid dienone is 4. The van der Waals surface area contributed by atoms with E-state index in [0.717, 1.165) is 51.4 Å². The summed E-state index contributed by atoms with van der Waals surface area (Å²) in [4.78, 5) is 12.2. The van der Waals surface area contributed by atoms with Gasteiger partial charge in [-0.2, -0.15) is 0 Å². The standard InChI is InChI=1S/C30H57NO4/c1-3-5-7-9-11-13-15-17-19-21-23-25-29(34)31-27(26-32)30(35)28(33)24-22-20-18-16-14-12-10-8-6-4-2/h8,10,16,18,27-28,30,32-33,35H,3-7,9,11-15,17,19-26H2,1-2H3,(H,31,34)/b10-8+,18-16+. The second kappa shape index (κ2) is 25.9. The molecule has 0 aromatic heterocycles. The number of aliphatic hydroxyl groups excluding tert-OH is 3. The summed E-state index contributed by atoms with van der Waals surface area (Å²) in [6.45, 7) is 4.03. The first-order chi connectivity index (χ1) is 17.1. The molecule has 0 heterocycles. The summed E-state index contributed by atoms with van der Waals surface area (Å²) in [6.07, 6.45) is 26.9. The van der Waals surface area contributed by atoms with Crippen LogP contribution in [0.2, 0.25) is 0 Å². The highest BCUT2D eigenvalue weighted by Gasteiger charge is 2.26. The summed E-state index contributed by atoms with van der Waals surface area (Å²) in [5.41, 5.74) is 0. The van der Waals surface area contributed by atoms with Crippen LogP contribution in [0.15, 0.2) is 24.3 Å². The molecule has 3 unspecified atom stereocenters. The lowest BCUT2D eigenvalue weighted by Crippen LogP contribution is -2.50. The zero-order valence-corrected chi connectivity index (χ0v) is 22.9. The molecule has 0 fully saturated rings. The van der Waals surface area contributed by atoms with Crippen LogP contribution >= 0.6 is 0 Å². The fourth-order valence-corrected chi connectivity index (χ4v) is 4.18. The van der Waals surface area contributed by atoms with Crippen molar-refractivity contribution < 1.29 is 20.1 Å². The molecule has 0 radical (unpaired) electrons. The predicted molar refractivity (Wildman–Crippen MR) is 148 cm³/mol. The van der Waals surface area contributed by atoms with Crippen LogP contribution in [-0.4, -0.2) is 46.1 Å². The maximum absolute atomic E-state index is 12.2. The monoisotopic (exact) mass is 495 g/mol. The molecule has 5 heteroatoms. The van der Waals surface area contributed by atoms with E-state index in [0.29, 0.717) is 12.8 Å². The van der Waals surface area contributed by atoms with Gasteiger partial charge in [-0.05, 0) is 44.9 Å². The normalized spacial score (nSPS) is 14.5. The molecule has 35 heavy (non-hydrogen) atoms. The van der Waals surface area contributed by atoms with Crippen LogP contribution in [-0.2, 0) is 4.79 Å². The Bertz CT molecular complexity index is 520. The largest absolute Gasteiger partial charge is 0.394 e. The third kappa shape index (κ3) is 21.8. The molecule has 0 saturated heterocycles. The number of aliphatic hydroxyl groups is 3. The molecule has 0 aliphatic heterocycles. The number of carbonyl (C=O) groups is 1. The predicted octanol–water partition coefficient (Wildman–Crippen LogP) is 6.75. The molecular weight excluding hydrogens is 438 g/mol. The van der Waals surface area contributed by atoms with Crippen LogP contribution < -0.4 is 5.32 Å². The fourth-order valence-electron chi connectivity index (χ4n) is 4.18. The van der Waals surface area contributed by atoms with Gasteiger partial charge in [0.15, 0.2) is 0 Å². The average Bonchev–Trinajstić information content (AvgIpc) is 2.86. The van der Waals surface area contributed by atoms with Crippen molar-refractivity contribution >= 4 is 5.91 Å². The Hall–Kier alpha value is -1.17. The third-order valence-corrected chi connectivity index (χ3v) is 6.52. The third-order valence-electron chi connectivity index (χ3n) is 6.52. The minimum atomic E-state index is -1.16. The van der Waals surface area contributed by atoms with Crippen molar-refractivity contribution in [3.63, 3.8) is 0 Å². The Labute approximate surface area is 216 Å². The van der Waals surface area contributed by atoms with Crippen LogP contribution in [0.3, 0.4) is 0 Å². The Balaban J connectivity index is 3.86. The van der Waals surface area contributed by atoms with Crippen LogP contribution in [0.1, 0.15) is 136 Å². The van der Waals surface area contributed by atoms with Crippen molar-refractivity contribution in [1.82, 2.24) is 5.32 Å². The highest BCUT2D eigenvalue weighted by Crippen LogP contribution is 2.13. The molecule has 4 N–H and O–H groups in total. The SMILES string of the molecule is CCC/C=C/CC/C=C/CCCC(O)C(O)C(CO)NC(=O)CCCCCCCCCCCCC. The second-order valence-corrected chi connectivity index (χ2v) is 9.94. The van der Waals surface area contributed by atoms with Crippen LogP contribution in [0.25, 0.3) is 0 Å². The first kappa shape index (κ1) is 33.8. The van der Waals surface area contributed by atoms with E-state index in [1.807, 2.05) is 0 Å². The number of carbonyl (C=O) groups excluding carboxylic acids is 1. The van der Waals surface area contributed by atoms with E-state index in [1.54, 1.807) is 0 Å². The van der Waals surface area contributed by atoms with E-state index in [2.05, 4.69) is 43.5 Å². The molecule has 0 aromatic carbocycles. The van der Waals surface area contributed by atoms with Crippen molar-refractivity contribution in [2.24, 2.45) is 0 Å². The molecule has 0 saturated carbocycles. The molecule has 0 rings (SSSR count). The minimum Gasteiger partial charge on any atom is -0.394 e. The van der Waals surface area contributed by atoms with Gasteiger partial charge >= 0.3 is 0 Å². The molecule has 3 atom stereocenters. The Kier molecular flexibility index (Phi) is 25.0. The topological polar surface area (TPSA) is 89.8 Å². The van der Waals surface area contributed by atoms with Gasteiger partial charge in [0.25, 0.3) is 0 Å². The van der Waals surface area contributed by atoms with Crippen molar-refractivity contribution in [2.75, 3.05) is 6.61 Å². The first-order valence-corrected chi connectivity index (χ1v) is 14.6. The Morgan fingerprint density at radius 1 is 0.686 bits per heavy atom. The van der Waals surface area contributed by atoms with Crippen LogP contribution in [0.5, 0.6) is 0 Å². The average molecular weight is 496 g/mol. The van der Waals surface area contributed by atoms with E-state index in [1.165, 1.54) is 57.8 Å². The summed E-state index contributed by atoms with van der Waals surface area (Å²) in [5, 5.41) is 33.0.